The predicted molar refractivity (Wildman–Crippen MR) is 120 cm³/mol. The SMILES string of the molecule is CCOC(=O)C1=C(c2ccccc2)NC(=S)N[C@H]1c1cc(Br)cc(Br)c1OC. The first-order valence-corrected chi connectivity index (χ1v) is 10.5. The molecule has 0 unspecified atom stereocenters. The highest BCUT2D eigenvalue weighted by molar-refractivity contribution is 9.11. The Labute approximate surface area is 185 Å². The van der Waals surface area contributed by atoms with Gasteiger partial charge in [0.1, 0.15) is 5.75 Å². The standard InChI is InChI=1S/C20H18Br2N2O3S/c1-3-27-19(25)15-16(11-7-5-4-6-8-11)23-20(28)24-17(15)13-9-12(21)10-14(22)18(13)26-2/h4-10,17H,3H2,1-2H3,(H2,23,24,28)/t17-/m0/s1. The minimum absolute atomic E-state index is 0.265. The quantitative estimate of drug-likeness (QED) is 0.435. The number of esters is 1. The molecule has 1 aliphatic rings. The Bertz CT molecular complexity index is 948. The first-order valence-electron chi connectivity index (χ1n) is 8.53. The molecule has 8 heteroatoms. The highest BCUT2D eigenvalue weighted by Crippen LogP contribution is 2.41. The number of nitrogens with one attached hydrogen (secondary N) is 2. The van der Waals surface area contributed by atoms with Crippen molar-refractivity contribution in [2.45, 2.75) is 13.0 Å². The molecule has 2 N–H and O–H groups in total. The summed E-state index contributed by atoms with van der Waals surface area (Å²) >= 11 is 12.5. The molecule has 146 valence electrons. The highest BCUT2D eigenvalue weighted by Gasteiger charge is 2.35. The molecule has 0 saturated carbocycles. The second-order valence-electron chi connectivity index (χ2n) is 5.92. The molecule has 3 rings (SSSR count). The lowest BCUT2D eigenvalue weighted by atomic mass is 9.92. The summed E-state index contributed by atoms with van der Waals surface area (Å²) in [6.45, 7) is 2.04. The summed E-state index contributed by atoms with van der Waals surface area (Å²) in [6.07, 6.45) is 0. The molecule has 28 heavy (non-hydrogen) atoms. The molecule has 0 aliphatic carbocycles. The average molecular weight is 526 g/mol. The van der Waals surface area contributed by atoms with Gasteiger partial charge in [0.15, 0.2) is 5.11 Å². The van der Waals surface area contributed by atoms with Crippen molar-refractivity contribution in [3.8, 4) is 5.75 Å². The maximum absolute atomic E-state index is 13.0. The molecule has 1 atom stereocenters. The lowest BCUT2D eigenvalue weighted by Gasteiger charge is -2.32. The Hall–Kier alpha value is -1.90. The van der Waals surface area contributed by atoms with Crippen molar-refractivity contribution in [1.82, 2.24) is 10.6 Å². The minimum atomic E-state index is -0.549. The number of carbonyl (C=O) groups is 1. The summed E-state index contributed by atoms with van der Waals surface area (Å²) in [6, 6.07) is 12.8. The van der Waals surface area contributed by atoms with Gasteiger partial charge in [0.25, 0.3) is 0 Å². The van der Waals surface area contributed by atoms with E-state index < -0.39 is 12.0 Å². The van der Waals surface area contributed by atoms with Crippen LogP contribution in [0.1, 0.15) is 24.1 Å². The minimum Gasteiger partial charge on any atom is -0.495 e. The highest BCUT2D eigenvalue weighted by atomic mass is 79.9. The van der Waals surface area contributed by atoms with Gasteiger partial charge in [0, 0.05) is 10.0 Å². The van der Waals surface area contributed by atoms with Crippen LogP contribution in [0.5, 0.6) is 5.75 Å². The van der Waals surface area contributed by atoms with Gasteiger partial charge in [-0.1, -0.05) is 46.3 Å². The molecule has 1 heterocycles. The Balaban J connectivity index is 2.27. The largest absolute Gasteiger partial charge is 0.495 e. The van der Waals surface area contributed by atoms with Crippen molar-refractivity contribution in [1.29, 1.82) is 0 Å². The van der Waals surface area contributed by atoms with E-state index in [1.54, 1.807) is 14.0 Å². The summed E-state index contributed by atoms with van der Waals surface area (Å²) in [4.78, 5) is 13.0. The molecule has 5 nitrogen and oxygen atoms in total. The van der Waals surface area contributed by atoms with E-state index in [2.05, 4.69) is 42.5 Å². The van der Waals surface area contributed by atoms with Crippen LogP contribution in [-0.2, 0) is 9.53 Å². The van der Waals surface area contributed by atoms with Crippen LogP contribution in [0, 0.1) is 0 Å². The van der Waals surface area contributed by atoms with Crippen LogP contribution >= 0.6 is 44.1 Å². The third-order valence-corrected chi connectivity index (χ3v) is 5.45. The van der Waals surface area contributed by atoms with Crippen molar-refractivity contribution < 1.29 is 14.3 Å². The van der Waals surface area contributed by atoms with Crippen LogP contribution < -0.4 is 15.4 Å². The number of benzene rings is 2. The molecule has 0 fully saturated rings. The summed E-state index contributed by atoms with van der Waals surface area (Å²) in [5.74, 6) is 0.187. The molecule has 0 radical (unpaired) electrons. The van der Waals surface area contributed by atoms with Gasteiger partial charge in [-0.15, -0.1) is 0 Å². The third kappa shape index (κ3) is 4.24. The van der Waals surface area contributed by atoms with Gasteiger partial charge in [-0.3, -0.25) is 0 Å². The fourth-order valence-electron chi connectivity index (χ4n) is 3.07. The zero-order chi connectivity index (χ0) is 20.3. The topological polar surface area (TPSA) is 59.6 Å². The first-order chi connectivity index (χ1) is 13.5. The van der Waals surface area contributed by atoms with Gasteiger partial charge >= 0.3 is 5.97 Å². The number of carbonyl (C=O) groups excluding carboxylic acids is 1. The first kappa shape index (κ1) is 20.8. The fourth-order valence-corrected chi connectivity index (χ4v) is 4.71. The zero-order valence-corrected chi connectivity index (χ0v) is 19.2. The molecule has 1 aliphatic heterocycles. The number of hydrogen-bond acceptors (Lipinski definition) is 4. The Kier molecular flexibility index (Phi) is 6.74. The Morgan fingerprint density at radius 2 is 1.93 bits per heavy atom. The maximum atomic E-state index is 13.0. The summed E-state index contributed by atoms with van der Waals surface area (Å²) < 4.78 is 12.6. The molecule has 0 saturated heterocycles. The Morgan fingerprint density at radius 3 is 2.57 bits per heavy atom. The maximum Gasteiger partial charge on any atom is 0.338 e. The lowest BCUT2D eigenvalue weighted by Crippen LogP contribution is -2.45. The molecule has 0 aromatic heterocycles. The van der Waals surface area contributed by atoms with E-state index in [1.807, 2.05) is 42.5 Å². The van der Waals surface area contributed by atoms with Crippen LogP contribution in [-0.4, -0.2) is 24.8 Å². The number of hydrogen-bond donors (Lipinski definition) is 2. The molecule has 2 aromatic carbocycles. The van der Waals surface area contributed by atoms with Gasteiger partial charge < -0.3 is 20.1 Å². The molecule has 2 aromatic rings. The monoisotopic (exact) mass is 524 g/mol. The average Bonchev–Trinajstić information content (AvgIpc) is 2.67. The molecule has 0 amide bonds. The van der Waals surface area contributed by atoms with Crippen LogP contribution in [0.4, 0.5) is 0 Å². The van der Waals surface area contributed by atoms with E-state index in [0.29, 0.717) is 22.1 Å². The van der Waals surface area contributed by atoms with E-state index in [0.717, 1.165) is 20.1 Å². The van der Waals surface area contributed by atoms with Crippen molar-refractivity contribution in [3.63, 3.8) is 0 Å². The van der Waals surface area contributed by atoms with E-state index in [1.165, 1.54) is 0 Å². The summed E-state index contributed by atoms with van der Waals surface area (Å²) in [7, 11) is 1.59. The van der Waals surface area contributed by atoms with Crippen molar-refractivity contribution >= 4 is 60.9 Å². The van der Waals surface area contributed by atoms with Crippen LogP contribution in [0.25, 0.3) is 5.70 Å². The van der Waals surface area contributed by atoms with Crippen molar-refractivity contribution in [2.75, 3.05) is 13.7 Å². The van der Waals surface area contributed by atoms with Crippen LogP contribution in [0.15, 0.2) is 57.0 Å². The van der Waals surface area contributed by atoms with Gasteiger partial charge in [0.2, 0.25) is 0 Å². The van der Waals surface area contributed by atoms with E-state index in [-0.39, 0.29) is 6.61 Å². The summed E-state index contributed by atoms with van der Waals surface area (Å²) in [5.41, 5.74) is 2.65. The lowest BCUT2D eigenvalue weighted by molar-refractivity contribution is -0.138. The van der Waals surface area contributed by atoms with E-state index in [4.69, 9.17) is 21.7 Å². The number of methoxy groups -OCH3 is 1. The normalized spacial score (nSPS) is 16.3. The van der Waals surface area contributed by atoms with Gasteiger partial charge in [-0.05, 0) is 52.8 Å². The van der Waals surface area contributed by atoms with Crippen molar-refractivity contribution in [2.24, 2.45) is 0 Å². The summed E-state index contributed by atoms with van der Waals surface area (Å²) in [5, 5.41) is 6.73. The molecular formula is C20H18Br2N2O3S. The number of rotatable bonds is 5. The second-order valence-corrected chi connectivity index (χ2v) is 8.09. The second kappa shape index (κ2) is 9.07. The third-order valence-electron chi connectivity index (χ3n) is 4.18. The number of thiocarbonyl (C=S) groups is 1. The molecule has 0 bridgehead atoms. The Morgan fingerprint density at radius 1 is 1.21 bits per heavy atom. The fraction of sp³-hybridized carbons (Fsp3) is 0.200. The van der Waals surface area contributed by atoms with E-state index in [9.17, 15) is 4.79 Å². The van der Waals surface area contributed by atoms with Gasteiger partial charge in [0.05, 0.1) is 35.5 Å². The van der Waals surface area contributed by atoms with Crippen molar-refractivity contribution in [3.05, 3.63) is 68.1 Å². The molecule has 0 spiro atoms. The number of halogens is 2. The van der Waals surface area contributed by atoms with E-state index >= 15 is 0 Å². The van der Waals surface area contributed by atoms with Gasteiger partial charge in [-0.25, -0.2) is 4.79 Å². The number of ether oxygens (including phenoxy) is 2. The van der Waals surface area contributed by atoms with Crippen LogP contribution in [0.2, 0.25) is 0 Å². The predicted octanol–water partition coefficient (Wildman–Crippen LogP) is 4.71. The smallest absolute Gasteiger partial charge is 0.338 e. The zero-order valence-electron chi connectivity index (χ0n) is 15.2. The van der Waals surface area contributed by atoms with Crippen LogP contribution in [0.3, 0.4) is 0 Å². The molecular weight excluding hydrogens is 508 g/mol. The van der Waals surface area contributed by atoms with Gasteiger partial charge in [-0.2, -0.15) is 0 Å².